The van der Waals surface area contributed by atoms with Crippen LogP contribution in [0.25, 0.3) is 0 Å². The zero-order valence-corrected chi connectivity index (χ0v) is 13.5. The lowest BCUT2D eigenvalue weighted by Gasteiger charge is -2.14. The number of amides is 3. The highest BCUT2D eigenvalue weighted by Gasteiger charge is 2.21. The van der Waals surface area contributed by atoms with Crippen molar-refractivity contribution in [2.45, 2.75) is 20.3 Å². The van der Waals surface area contributed by atoms with Gasteiger partial charge in [0.2, 0.25) is 5.91 Å². The zero-order valence-electron chi connectivity index (χ0n) is 12.6. The number of nitrogens with one attached hydrogen (secondary N) is 2. The molecule has 1 aromatic carbocycles. The third-order valence-corrected chi connectivity index (χ3v) is 4.29. The molecule has 1 aromatic rings. The molecule has 6 nitrogen and oxygen atoms in total. The van der Waals surface area contributed by atoms with Crippen LogP contribution < -0.4 is 10.9 Å². The number of carbonyl (C=O) groups is 3. The standard InChI is InChI=1S/C15H19N3O3S/c1-10-3-4-12(11(2)9-10)14(20)17-16-13(19)5-6-18-7-8-22-15(18)21/h3-4,9H,5-8H2,1-2H3,(H,16,19)(H,17,20). The van der Waals surface area contributed by atoms with Crippen molar-refractivity contribution in [1.29, 1.82) is 0 Å². The molecule has 0 aliphatic carbocycles. The van der Waals surface area contributed by atoms with Crippen molar-refractivity contribution in [1.82, 2.24) is 15.8 Å². The van der Waals surface area contributed by atoms with E-state index in [4.69, 9.17) is 0 Å². The number of hydrogen-bond donors (Lipinski definition) is 2. The van der Waals surface area contributed by atoms with E-state index in [-0.39, 0.29) is 23.5 Å². The summed E-state index contributed by atoms with van der Waals surface area (Å²) < 4.78 is 0. The molecule has 0 aromatic heterocycles. The van der Waals surface area contributed by atoms with Gasteiger partial charge in [-0.2, -0.15) is 0 Å². The molecule has 118 valence electrons. The Labute approximate surface area is 133 Å². The van der Waals surface area contributed by atoms with E-state index in [2.05, 4.69) is 10.9 Å². The minimum absolute atomic E-state index is 0.00659. The molecule has 0 bridgehead atoms. The van der Waals surface area contributed by atoms with Gasteiger partial charge in [0, 0.05) is 30.8 Å². The fourth-order valence-electron chi connectivity index (χ4n) is 2.19. The van der Waals surface area contributed by atoms with E-state index in [1.54, 1.807) is 11.0 Å². The van der Waals surface area contributed by atoms with Crippen molar-refractivity contribution in [3.63, 3.8) is 0 Å². The second kappa shape index (κ2) is 7.31. The Morgan fingerprint density at radius 3 is 2.68 bits per heavy atom. The molecular formula is C15H19N3O3S. The van der Waals surface area contributed by atoms with E-state index < -0.39 is 0 Å². The van der Waals surface area contributed by atoms with Gasteiger partial charge in [-0.25, -0.2) is 0 Å². The van der Waals surface area contributed by atoms with Crippen LogP contribution in [0.15, 0.2) is 18.2 Å². The predicted octanol–water partition coefficient (Wildman–Crippen LogP) is 1.62. The number of hydrogen-bond acceptors (Lipinski definition) is 4. The van der Waals surface area contributed by atoms with Crippen molar-refractivity contribution in [3.8, 4) is 0 Å². The summed E-state index contributed by atoms with van der Waals surface area (Å²) >= 11 is 1.26. The minimum Gasteiger partial charge on any atom is -0.332 e. The van der Waals surface area contributed by atoms with Gasteiger partial charge < -0.3 is 4.90 Å². The first kappa shape index (κ1) is 16.4. The molecule has 0 atom stereocenters. The van der Waals surface area contributed by atoms with Crippen LogP contribution in [0.4, 0.5) is 4.79 Å². The molecule has 1 aliphatic rings. The third kappa shape index (κ3) is 4.24. The molecule has 0 unspecified atom stereocenters. The SMILES string of the molecule is Cc1ccc(C(=O)NNC(=O)CCN2CCSC2=O)c(C)c1. The molecule has 0 spiro atoms. The Morgan fingerprint density at radius 1 is 1.27 bits per heavy atom. The van der Waals surface area contributed by atoms with Gasteiger partial charge in [0.1, 0.15) is 0 Å². The van der Waals surface area contributed by atoms with E-state index in [1.807, 2.05) is 26.0 Å². The molecule has 7 heteroatoms. The Hall–Kier alpha value is -2.02. The maximum Gasteiger partial charge on any atom is 0.281 e. The second-order valence-corrected chi connectivity index (χ2v) is 6.22. The maximum absolute atomic E-state index is 12.0. The Bertz CT molecular complexity index is 604. The van der Waals surface area contributed by atoms with E-state index in [0.717, 1.165) is 16.9 Å². The monoisotopic (exact) mass is 321 g/mol. The summed E-state index contributed by atoms with van der Waals surface area (Å²) in [6.45, 7) is 4.84. The highest BCUT2D eigenvalue weighted by molar-refractivity contribution is 8.13. The first-order chi connectivity index (χ1) is 10.5. The first-order valence-corrected chi connectivity index (χ1v) is 8.04. The molecule has 22 heavy (non-hydrogen) atoms. The van der Waals surface area contributed by atoms with Gasteiger partial charge in [-0.15, -0.1) is 0 Å². The number of nitrogens with zero attached hydrogens (tertiary/aromatic N) is 1. The lowest BCUT2D eigenvalue weighted by molar-refractivity contribution is -0.122. The number of aryl methyl sites for hydroxylation is 2. The van der Waals surface area contributed by atoms with Crippen molar-refractivity contribution < 1.29 is 14.4 Å². The van der Waals surface area contributed by atoms with Crippen molar-refractivity contribution >= 4 is 28.8 Å². The van der Waals surface area contributed by atoms with Crippen LogP contribution in [0.2, 0.25) is 0 Å². The zero-order chi connectivity index (χ0) is 16.1. The minimum atomic E-state index is -0.348. The summed E-state index contributed by atoms with van der Waals surface area (Å²) in [5, 5.41) is 0.00659. The summed E-state index contributed by atoms with van der Waals surface area (Å²) in [6.07, 6.45) is 0.166. The smallest absolute Gasteiger partial charge is 0.281 e. The lowest BCUT2D eigenvalue weighted by Crippen LogP contribution is -2.43. The topological polar surface area (TPSA) is 78.5 Å². The van der Waals surface area contributed by atoms with Gasteiger partial charge in [0.05, 0.1) is 0 Å². The van der Waals surface area contributed by atoms with Gasteiger partial charge in [-0.05, 0) is 25.5 Å². The highest BCUT2D eigenvalue weighted by Crippen LogP contribution is 2.16. The van der Waals surface area contributed by atoms with E-state index in [0.29, 0.717) is 18.7 Å². The number of benzene rings is 1. The molecule has 1 fully saturated rings. The van der Waals surface area contributed by atoms with Crippen LogP contribution in [0.1, 0.15) is 27.9 Å². The van der Waals surface area contributed by atoms with Crippen LogP contribution in [-0.2, 0) is 4.79 Å². The largest absolute Gasteiger partial charge is 0.332 e. The van der Waals surface area contributed by atoms with Gasteiger partial charge in [-0.1, -0.05) is 29.5 Å². The summed E-state index contributed by atoms with van der Waals surface area (Å²) in [6, 6.07) is 5.49. The Kier molecular flexibility index (Phi) is 5.43. The molecule has 3 amide bonds. The van der Waals surface area contributed by atoms with Crippen LogP contribution in [0.3, 0.4) is 0 Å². The van der Waals surface area contributed by atoms with Gasteiger partial charge in [0.15, 0.2) is 0 Å². The van der Waals surface area contributed by atoms with Crippen molar-refractivity contribution in [3.05, 3.63) is 34.9 Å². The highest BCUT2D eigenvalue weighted by atomic mass is 32.2. The summed E-state index contributed by atoms with van der Waals surface area (Å²) in [4.78, 5) is 36.7. The van der Waals surface area contributed by atoms with Crippen LogP contribution in [0.5, 0.6) is 0 Å². The maximum atomic E-state index is 12.0. The Balaban J connectivity index is 1.78. The van der Waals surface area contributed by atoms with Gasteiger partial charge >= 0.3 is 0 Å². The summed E-state index contributed by atoms with van der Waals surface area (Å²) in [7, 11) is 0. The second-order valence-electron chi connectivity index (χ2n) is 5.17. The van der Waals surface area contributed by atoms with Crippen molar-refractivity contribution in [2.24, 2.45) is 0 Å². The number of carbonyl (C=O) groups excluding carboxylic acids is 3. The molecule has 1 saturated heterocycles. The quantitative estimate of drug-likeness (QED) is 0.826. The summed E-state index contributed by atoms with van der Waals surface area (Å²) in [5.74, 6) is 0.102. The molecular weight excluding hydrogens is 302 g/mol. The molecule has 0 radical (unpaired) electrons. The average Bonchev–Trinajstić information content (AvgIpc) is 2.88. The molecule has 1 aliphatic heterocycles. The third-order valence-electron chi connectivity index (χ3n) is 3.40. The Morgan fingerprint density at radius 2 is 2.05 bits per heavy atom. The van der Waals surface area contributed by atoms with Crippen LogP contribution >= 0.6 is 11.8 Å². The van der Waals surface area contributed by atoms with Crippen LogP contribution in [0, 0.1) is 13.8 Å². The van der Waals surface area contributed by atoms with E-state index in [1.165, 1.54) is 11.8 Å². The van der Waals surface area contributed by atoms with Gasteiger partial charge in [0.25, 0.3) is 11.1 Å². The molecule has 0 saturated carbocycles. The number of thioether (sulfide) groups is 1. The fourth-order valence-corrected chi connectivity index (χ4v) is 3.04. The normalized spacial score (nSPS) is 14.1. The number of rotatable bonds is 4. The molecule has 2 N–H and O–H groups in total. The lowest BCUT2D eigenvalue weighted by atomic mass is 10.1. The van der Waals surface area contributed by atoms with Crippen molar-refractivity contribution in [2.75, 3.05) is 18.8 Å². The van der Waals surface area contributed by atoms with Crippen LogP contribution in [-0.4, -0.2) is 40.8 Å². The predicted molar refractivity (Wildman–Crippen MR) is 85.6 cm³/mol. The first-order valence-electron chi connectivity index (χ1n) is 7.05. The number of hydrazine groups is 1. The summed E-state index contributed by atoms with van der Waals surface area (Å²) in [5.41, 5.74) is 7.23. The molecule has 2 rings (SSSR count). The molecule has 1 heterocycles. The fraction of sp³-hybridized carbons (Fsp3) is 0.400. The van der Waals surface area contributed by atoms with E-state index in [9.17, 15) is 14.4 Å². The van der Waals surface area contributed by atoms with Gasteiger partial charge in [-0.3, -0.25) is 25.2 Å². The van der Waals surface area contributed by atoms with E-state index >= 15 is 0 Å². The average molecular weight is 321 g/mol.